The number of rotatable bonds is 1. The van der Waals surface area contributed by atoms with E-state index in [1.807, 2.05) is 0 Å². The maximum absolute atomic E-state index is 5.99. The molecule has 1 aromatic heterocycles. The van der Waals surface area contributed by atoms with Gasteiger partial charge in [0.1, 0.15) is 0 Å². The van der Waals surface area contributed by atoms with Crippen LogP contribution in [0.15, 0.2) is 30.6 Å². The fraction of sp³-hybridized carbons (Fsp3) is 0. The highest BCUT2D eigenvalue weighted by molar-refractivity contribution is 6.43. The Labute approximate surface area is 90.7 Å². The van der Waals surface area contributed by atoms with Crippen LogP contribution in [0.25, 0.3) is 11.4 Å². The second kappa shape index (κ2) is 3.90. The maximum atomic E-state index is 5.99. The summed E-state index contributed by atoms with van der Waals surface area (Å²) >= 11 is 11.8. The second-order valence-corrected chi connectivity index (χ2v) is 3.35. The van der Waals surface area contributed by atoms with Gasteiger partial charge in [0.05, 0.1) is 16.2 Å². The summed E-state index contributed by atoms with van der Waals surface area (Å²) < 4.78 is 0. The van der Waals surface area contributed by atoms with Crippen molar-refractivity contribution in [3.8, 4) is 11.4 Å². The first-order valence-corrected chi connectivity index (χ1v) is 4.62. The quantitative estimate of drug-likeness (QED) is 0.750. The van der Waals surface area contributed by atoms with Gasteiger partial charge in [-0.1, -0.05) is 29.3 Å². The van der Waals surface area contributed by atoms with E-state index in [0.717, 1.165) is 0 Å². The molecule has 1 aromatic carbocycles. The van der Waals surface area contributed by atoms with E-state index in [0.29, 0.717) is 21.4 Å². The van der Waals surface area contributed by atoms with E-state index in [2.05, 4.69) is 15.2 Å². The molecular formula is C9H5Cl2N3. The van der Waals surface area contributed by atoms with Crippen molar-refractivity contribution in [2.45, 2.75) is 0 Å². The molecule has 3 nitrogen and oxygen atoms in total. The summed E-state index contributed by atoms with van der Waals surface area (Å²) in [6.45, 7) is 0. The summed E-state index contributed by atoms with van der Waals surface area (Å²) in [4.78, 5) is 4.03. The Hall–Kier alpha value is -1.19. The monoisotopic (exact) mass is 225 g/mol. The average molecular weight is 226 g/mol. The number of nitrogens with zero attached hydrogens (tertiary/aromatic N) is 3. The van der Waals surface area contributed by atoms with Crippen molar-refractivity contribution in [1.82, 2.24) is 15.2 Å². The van der Waals surface area contributed by atoms with Crippen molar-refractivity contribution in [3.63, 3.8) is 0 Å². The predicted molar refractivity (Wildman–Crippen MR) is 55.3 cm³/mol. The van der Waals surface area contributed by atoms with Crippen LogP contribution in [-0.4, -0.2) is 15.2 Å². The summed E-state index contributed by atoms with van der Waals surface area (Å²) in [5, 5.41) is 8.49. The van der Waals surface area contributed by atoms with Gasteiger partial charge in [-0.25, -0.2) is 4.98 Å². The zero-order chi connectivity index (χ0) is 9.97. The zero-order valence-electron chi connectivity index (χ0n) is 6.98. The van der Waals surface area contributed by atoms with Crippen molar-refractivity contribution < 1.29 is 0 Å². The molecule has 0 fully saturated rings. The van der Waals surface area contributed by atoms with Gasteiger partial charge < -0.3 is 0 Å². The van der Waals surface area contributed by atoms with E-state index < -0.39 is 0 Å². The van der Waals surface area contributed by atoms with Crippen LogP contribution >= 0.6 is 23.2 Å². The summed E-state index contributed by atoms with van der Waals surface area (Å²) in [5.41, 5.74) is 0.687. The molecule has 0 amide bonds. The molecule has 1 heterocycles. The molecule has 0 aliphatic rings. The summed E-state index contributed by atoms with van der Waals surface area (Å²) in [6.07, 6.45) is 3.06. The number of benzene rings is 1. The van der Waals surface area contributed by atoms with Gasteiger partial charge in [0.25, 0.3) is 0 Å². The minimum absolute atomic E-state index is 0.446. The average Bonchev–Trinajstić information content (AvgIpc) is 2.23. The van der Waals surface area contributed by atoms with Crippen LogP contribution < -0.4 is 0 Å². The van der Waals surface area contributed by atoms with Gasteiger partial charge in [-0.2, -0.15) is 5.10 Å². The fourth-order valence-corrected chi connectivity index (χ4v) is 1.43. The largest absolute Gasteiger partial charge is 0.233 e. The zero-order valence-corrected chi connectivity index (χ0v) is 8.50. The van der Waals surface area contributed by atoms with Crippen molar-refractivity contribution in [2.24, 2.45) is 0 Å². The van der Waals surface area contributed by atoms with E-state index in [4.69, 9.17) is 23.2 Å². The Bertz CT molecular complexity index is 445. The highest BCUT2D eigenvalue weighted by Crippen LogP contribution is 2.30. The number of hydrogen-bond donors (Lipinski definition) is 0. The molecule has 70 valence electrons. The first-order valence-electron chi connectivity index (χ1n) is 3.87. The molecule has 0 bridgehead atoms. The van der Waals surface area contributed by atoms with E-state index in [9.17, 15) is 0 Å². The molecule has 2 rings (SSSR count). The molecule has 0 spiro atoms. The highest BCUT2D eigenvalue weighted by atomic mass is 35.5. The van der Waals surface area contributed by atoms with Gasteiger partial charge in [0, 0.05) is 11.8 Å². The van der Waals surface area contributed by atoms with Crippen molar-refractivity contribution >= 4 is 23.2 Å². The second-order valence-electron chi connectivity index (χ2n) is 2.57. The molecule has 2 aromatic rings. The molecule has 0 saturated carbocycles. The van der Waals surface area contributed by atoms with Crippen LogP contribution in [-0.2, 0) is 0 Å². The number of hydrogen-bond acceptors (Lipinski definition) is 3. The van der Waals surface area contributed by atoms with Crippen molar-refractivity contribution in [2.75, 3.05) is 0 Å². The lowest BCUT2D eigenvalue weighted by Crippen LogP contribution is -1.90. The Morgan fingerprint density at radius 3 is 2.64 bits per heavy atom. The fourth-order valence-electron chi connectivity index (χ4n) is 1.05. The first kappa shape index (κ1) is 9.37. The molecule has 14 heavy (non-hydrogen) atoms. The molecule has 5 heteroatoms. The summed E-state index contributed by atoms with van der Waals surface area (Å²) in [6, 6.07) is 5.30. The SMILES string of the molecule is Clc1cccc(-c2nccnn2)c1Cl. The highest BCUT2D eigenvalue weighted by Gasteiger charge is 2.08. The molecular weight excluding hydrogens is 221 g/mol. The lowest BCUT2D eigenvalue weighted by molar-refractivity contribution is 0.980. The van der Waals surface area contributed by atoms with Crippen molar-refractivity contribution in [3.05, 3.63) is 40.6 Å². The van der Waals surface area contributed by atoms with Gasteiger partial charge in [0.15, 0.2) is 5.82 Å². The molecule has 0 aliphatic heterocycles. The molecule has 0 radical (unpaired) electrons. The summed E-state index contributed by atoms with van der Waals surface area (Å²) in [5.74, 6) is 0.472. The van der Waals surface area contributed by atoms with E-state index in [1.165, 1.54) is 6.20 Å². The molecule has 0 unspecified atom stereocenters. The predicted octanol–water partition coefficient (Wildman–Crippen LogP) is 2.85. The van der Waals surface area contributed by atoms with Crippen LogP contribution in [0.3, 0.4) is 0 Å². The van der Waals surface area contributed by atoms with Gasteiger partial charge >= 0.3 is 0 Å². The van der Waals surface area contributed by atoms with Crippen molar-refractivity contribution in [1.29, 1.82) is 0 Å². The normalized spacial score (nSPS) is 10.1. The van der Waals surface area contributed by atoms with Gasteiger partial charge in [0.2, 0.25) is 0 Å². The third-order valence-corrected chi connectivity index (χ3v) is 2.49. The Morgan fingerprint density at radius 2 is 1.93 bits per heavy atom. The molecule has 0 atom stereocenters. The molecule has 0 N–H and O–H groups in total. The van der Waals surface area contributed by atoms with E-state index >= 15 is 0 Å². The topological polar surface area (TPSA) is 38.7 Å². The third kappa shape index (κ3) is 1.69. The minimum Gasteiger partial charge on any atom is -0.233 e. The first-order chi connectivity index (χ1) is 6.79. The standard InChI is InChI=1S/C9H5Cl2N3/c10-7-3-1-2-6(8(7)11)9-12-4-5-13-14-9/h1-5H. The lowest BCUT2D eigenvalue weighted by Gasteiger charge is -2.02. The maximum Gasteiger partial charge on any atom is 0.183 e. The smallest absolute Gasteiger partial charge is 0.183 e. The van der Waals surface area contributed by atoms with Crippen LogP contribution in [0.2, 0.25) is 10.0 Å². The van der Waals surface area contributed by atoms with Gasteiger partial charge in [-0.15, -0.1) is 5.10 Å². The van der Waals surface area contributed by atoms with Crippen LogP contribution in [0.1, 0.15) is 0 Å². The van der Waals surface area contributed by atoms with Crippen LogP contribution in [0.4, 0.5) is 0 Å². The van der Waals surface area contributed by atoms with Gasteiger partial charge in [-0.3, -0.25) is 0 Å². The Morgan fingerprint density at radius 1 is 1.07 bits per heavy atom. The molecule has 0 aliphatic carbocycles. The van der Waals surface area contributed by atoms with Gasteiger partial charge in [-0.05, 0) is 12.1 Å². The van der Waals surface area contributed by atoms with E-state index in [-0.39, 0.29) is 0 Å². The molecule has 0 saturated heterocycles. The number of halogens is 2. The Kier molecular flexibility index (Phi) is 2.61. The number of aromatic nitrogens is 3. The third-order valence-electron chi connectivity index (χ3n) is 1.68. The minimum atomic E-state index is 0.446. The summed E-state index contributed by atoms with van der Waals surface area (Å²) in [7, 11) is 0. The van der Waals surface area contributed by atoms with Crippen LogP contribution in [0, 0.1) is 0 Å². The Balaban J connectivity index is 2.58. The lowest BCUT2D eigenvalue weighted by atomic mass is 10.2. The van der Waals surface area contributed by atoms with Crippen LogP contribution in [0.5, 0.6) is 0 Å². The van der Waals surface area contributed by atoms with E-state index in [1.54, 1.807) is 24.4 Å².